The van der Waals surface area contributed by atoms with Gasteiger partial charge in [0.25, 0.3) is 0 Å². The molecule has 1 atom stereocenters. The van der Waals surface area contributed by atoms with Crippen LogP contribution in [-0.2, 0) is 4.79 Å². The van der Waals surface area contributed by atoms with Crippen molar-refractivity contribution in [1.29, 1.82) is 0 Å². The maximum absolute atomic E-state index is 11.7. The highest BCUT2D eigenvalue weighted by atomic mass is 16.2. The molecular formula is C11H22N4O2. The number of carbonyl (C=O) groups is 2. The van der Waals surface area contributed by atoms with Crippen molar-refractivity contribution in [3.8, 4) is 0 Å². The smallest absolute Gasteiger partial charge is 0.316 e. The molecule has 0 spiro atoms. The fraction of sp³-hybridized carbons (Fsp3) is 0.818. The van der Waals surface area contributed by atoms with Gasteiger partial charge in [-0.05, 0) is 19.4 Å². The van der Waals surface area contributed by atoms with Crippen molar-refractivity contribution < 1.29 is 9.59 Å². The minimum Gasteiger partial charge on any atom is -0.354 e. The average Bonchev–Trinajstić information content (AvgIpc) is 2.35. The van der Waals surface area contributed by atoms with Crippen LogP contribution in [0.15, 0.2) is 0 Å². The summed E-state index contributed by atoms with van der Waals surface area (Å²) in [6.45, 7) is 2.70. The summed E-state index contributed by atoms with van der Waals surface area (Å²) in [6, 6.07) is -0.140. The maximum Gasteiger partial charge on any atom is 0.316 e. The van der Waals surface area contributed by atoms with Crippen molar-refractivity contribution in [2.45, 2.75) is 12.8 Å². The van der Waals surface area contributed by atoms with Gasteiger partial charge in [-0.2, -0.15) is 0 Å². The van der Waals surface area contributed by atoms with E-state index in [9.17, 15) is 9.59 Å². The van der Waals surface area contributed by atoms with Crippen molar-refractivity contribution in [2.75, 3.05) is 40.3 Å². The quantitative estimate of drug-likeness (QED) is 0.575. The highest BCUT2D eigenvalue weighted by Gasteiger charge is 2.20. The Morgan fingerprint density at radius 2 is 2.00 bits per heavy atom. The van der Waals surface area contributed by atoms with Crippen LogP contribution in [0.4, 0.5) is 4.79 Å². The molecule has 0 aliphatic carbocycles. The zero-order valence-electron chi connectivity index (χ0n) is 10.6. The highest BCUT2D eigenvalue weighted by Crippen LogP contribution is 2.09. The second kappa shape index (κ2) is 7.11. The zero-order valence-corrected chi connectivity index (χ0v) is 10.6. The normalized spacial score (nSPS) is 19.5. The SMILES string of the molecule is CN(C)C(=O)NCCNC(=O)[C@H]1CCCNC1. The number of rotatable bonds is 4. The first kappa shape index (κ1) is 13.8. The van der Waals surface area contributed by atoms with E-state index in [1.54, 1.807) is 14.1 Å². The molecule has 17 heavy (non-hydrogen) atoms. The third kappa shape index (κ3) is 5.04. The van der Waals surface area contributed by atoms with E-state index in [1.807, 2.05) is 0 Å². The van der Waals surface area contributed by atoms with Crippen molar-refractivity contribution >= 4 is 11.9 Å². The molecule has 0 aromatic heterocycles. The first-order chi connectivity index (χ1) is 8.11. The fourth-order valence-corrected chi connectivity index (χ4v) is 1.73. The molecule has 3 amide bonds. The molecule has 0 bridgehead atoms. The third-order valence-electron chi connectivity index (χ3n) is 2.77. The lowest BCUT2D eigenvalue weighted by atomic mass is 9.99. The summed E-state index contributed by atoms with van der Waals surface area (Å²) >= 11 is 0. The van der Waals surface area contributed by atoms with Gasteiger partial charge < -0.3 is 20.9 Å². The lowest BCUT2D eigenvalue weighted by molar-refractivity contribution is -0.125. The van der Waals surface area contributed by atoms with Crippen LogP contribution in [-0.4, -0.2) is 57.1 Å². The molecule has 0 unspecified atom stereocenters. The van der Waals surface area contributed by atoms with Crippen LogP contribution >= 0.6 is 0 Å². The molecule has 6 nitrogen and oxygen atoms in total. The minimum atomic E-state index is -0.140. The Morgan fingerprint density at radius 1 is 1.29 bits per heavy atom. The number of nitrogens with zero attached hydrogens (tertiary/aromatic N) is 1. The largest absolute Gasteiger partial charge is 0.354 e. The van der Waals surface area contributed by atoms with E-state index in [1.165, 1.54) is 4.90 Å². The van der Waals surface area contributed by atoms with Crippen molar-refractivity contribution in [1.82, 2.24) is 20.9 Å². The van der Waals surface area contributed by atoms with Gasteiger partial charge in [0.15, 0.2) is 0 Å². The molecule has 0 aromatic rings. The number of carbonyl (C=O) groups excluding carboxylic acids is 2. The Balaban J connectivity index is 2.09. The second-order valence-corrected chi connectivity index (χ2v) is 4.46. The molecule has 0 aromatic carbocycles. The average molecular weight is 242 g/mol. The lowest BCUT2D eigenvalue weighted by Gasteiger charge is -2.22. The molecule has 98 valence electrons. The number of amides is 3. The lowest BCUT2D eigenvalue weighted by Crippen LogP contribution is -2.44. The standard InChI is InChI=1S/C11H22N4O2/c1-15(2)11(17)14-7-6-13-10(16)9-4-3-5-12-8-9/h9,12H,3-8H2,1-2H3,(H,13,16)(H,14,17)/t9-/m0/s1. The first-order valence-electron chi connectivity index (χ1n) is 6.05. The number of urea groups is 1. The summed E-state index contributed by atoms with van der Waals surface area (Å²) in [6.07, 6.45) is 2.00. The van der Waals surface area contributed by atoms with Crippen LogP contribution < -0.4 is 16.0 Å². The molecule has 1 aliphatic heterocycles. The highest BCUT2D eigenvalue weighted by molar-refractivity contribution is 5.79. The number of hydrogen-bond acceptors (Lipinski definition) is 3. The van der Waals surface area contributed by atoms with Crippen LogP contribution in [0.5, 0.6) is 0 Å². The fourth-order valence-electron chi connectivity index (χ4n) is 1.73. The number of piperidine rings is 1. The Morgan fingerprint density at radius 3 is 2.59 bits per heavy atom. The summed E-state index contributed by atoms with van der Waals surface area (Å²) in [7, 11) is 3.36. The van der Waals surface area contributed by atoms with Crippen LogP contribution in [0.3, 0.4) is 0 Å². The Labute approximate surface area is 102 Å². The van der Waals surface area contributed by atoms with Gasteiger partial charge in [-0.1, -0.05) is 0 Å². The summed E-state index contributed by atoms with van der Waals surface area (Å²) in [5.74, 6) is 0.157. The van der Waals surface area contributed by atoms with Gasteiger partial charge in [-0.25, -0.2) is 4.79 Å². The van der Waals surface area contributed by atoms with Gasteiger partial charge in [0.05, 0.1) is 5.92 Å². The minimum absolute atomic E-state index is 0.0771. The monoisotopic (exact) mass is 242 g/mol. The molecule has 1 saturated heterocycles. The first-order valence-corrected chi connectivity index (χ1v) is 6.05. The van der Waals surface area contributed by atoms with E-state index in [0.717, 1.165) is 25.9 Å². The van der Waals surface area contributed by atoms with Crippen molar-refractivity contribution in [3.63, 3.8) is 0 Å². The predicted molar refractivity (Wildman–Crippen MR) is 65.7 cm³/mol. The van der Waals surface area contributed by atoms with E-state index in [4.69, 9.17) is 0 Å². The summed E-state index contributed by atoms with van der Waals surface area (Å²) in [5, 5.41) is 8.73. The molecular weight excluding hydrogens is 220 g/mol. The zero-order chi connectivity index (χ0) is 12.7. The molecule has 1 aliphatic rings. The summed E-state index contributed by atoms with van der Waals surface area (Å²) in [5.41, 5.74) is 0. The van der Waals surface area contributed by atoms with Crippen LogP contribution in [0.25, 0.3) is 0 Å². The topological polar surface area (TPSA) is 73.5 Å². The van der Waals surface area contributed by atoms with Crippen LogP contribution in [0, 0.1) is 5.92 Å². The summed E-state index contributed by atoms with van der Waals surface area (Å²) in [4.78, 5) is 24.3. The maximum atomic E-state index is 11.7. The van der Waals surface area contributed by atoms with E-state index in [0.29, 0.717) is 13.1 Å². The Bertz CT molecular complexity index is 262. The van der Waals surface area contributed by atoms with Crippen molar-refractivity contribution in [3.05, 3.63) is 0 Å². The molecule has 6 heteroatoms. The van der Waals surface area contributed by atoms with Crippen molar-refractivity contribution in [2.24, 2.45) is 5.92 Å². The second-order valence-electron chi connectivity index (χ2n) is 4.46. The molecule has 3 N–H and O–H groups in total. The molecule has 1 heterocycles. The number of hydrogen-bond donors (Lipinski definition) is 3. The van der Waals surface area contributed by atoms with Gasteiger partial charge in [0, 0.05) is 33.7 Å². The van der Waals surface area contributed by atoms with Gasteiger partial charge in [-0.15, -0.1) is 0 Å². The molecule has 0 radical (unpaired) electrons. The van der Waals surface area contributed by atoms with E-state index < -0.39 is 0 Å². The predicted octanol–water partition coefficient (Wildman–Crippen LogP) is -0.627. The van der Waals surface area contributed by atoms with E-state index in [-0.39, 0.29) is 17.9 Å². The molecule has 1 rings (SSSR count). The molecule has 0 saturated carbocycles. The van der Waals surface area contributed by atoms with Gasteiger partial charge >= 0.3 is 6.03 Å². The van der Waals surface area contributed by atoms with Crippen LogP contribution in [0.2, 0.25) is 0 Å². The Hall–Kier alpha value is -1.30. The van der Waals surface area contributed by atoms with Crippen LogP contribution in [0.1, 0.15) is 12.8 Å². The van der Waals surface area contributed by atoms with Gasteiger partial charge in [0.2, 0.25) is 5.91 Å². The third-order valence-corrected chi connectivity index (χ3v) is 2.77. The Kier molecular flexibility index (Phi) is 5.76. The van der Waals surface area contributed by atoms with E-state index >= 15 is 0 Å². The van der Waals surface area contributed by atoms with Gasteiger partial charge in [0.1, 0.15) is 0 Å². The molecule has 1 fully saturated rings. The van der Waals surface area contributed by atoms with Gasteiger partial charge in [-0.3, -0.25) is 4.79 Å². The summed E-state index contributed by atoms with van der Waals surface area (Å²) < 4.78 is 0. The number of nitrogens with one attached hydrogen (secondary N) is 3. The van der Waals surface area contributed by atoms with E-state index in [2.05, 4.69) is 16.0 Å².